The molecule has 1 heterocycles. The largest absolute Gasteiger partial charge is 0.417 e. The molecule has 0 fully saturated rings. The summed E-state index contributed by atoms with van der Waals surface area (Å²) in [5, 5.41) is 19.9. The lowest BCUT2D eigenvalue weighted by Crippen LogP contribution is -2.27. The van der Waals surface area contributed by atoms with Gasteiger partial charge in [-0.3, -0.25) is 0 Å². The first-order valence-corrected chi connectivity index (χ1v) is 8.38. The molecule has 0 unspecified atom stereocenters. The lowest BCUT2D eigenvalue weighted by molar-refractivity contribution is -0.137. The van der Waals surface area contributed by atoms with Crippen LogP contribution in [0.1, 0.15) is 18.4 Å². The first kappa shape index (κ1) is 21.1. The first-order chi connectivity index (χ1) is 13.3. The van der Waals surface area contributed by atoms with Gasteiger partial charge in [-0.15, -0.1) is 0 Å². The summed E-state index contributed by atoms with van der Waals surface area (Å²) in [5.41, 5.74) is 5.27. The number of nitrogens with one attached hydrogen (secondary N) is 1. The van der Waals surface area contributed by atoms with Gasteiger partial charge >= 0.3 is 6.18 Å². The highest BCUT2D eigenvalue weighted by molar-refractivity contribution is 6.31. The zero-order valence-electron chi connectivity index (χ0n) is 14.5. The Labute approximate surface area is 164 Å². The number of halogens is 4. The molecule has 1 aromatic carbocycles. The van der Waals surface area contributed by atoms with E-state index in [0.29, 0.717) is 0 Å². The van der Waals surface area contributed by atoms with Gasteiger partial charge in [-0.1, -0.05) is 11.6 Å². The number of aromatic nitrogens is 2. The fourth-order valence-corrected chi connectivity index (χ4v) is 2.61. The lowest BCUT2D eigenvalue weighted by atomic mass is 10.2. The van der Waals surface area contributed by atoms with Gasteiger partial charge in [0.1, 0.15) is 12.0 Å². The van der Waals surface area contributed by atoms with Gasteiger partial charge in [0.25, 0.3) is 0 Å². The topological polar surface area (TPSA) is 115 Å². The number of nitrogens with two attached hydrogens (primary N) is 1. The smallest absolute Gasteiger partial charge is 0.393 e. The molecule has 1 aromatic heterocycles. The summed E-state index contributed by atoms with van der Waals surface area (Å²) in [7, 11) is 0. The predicted molar refractivity (Wildman–Crippen MR) is 98.9 cm³/mol. The molecule has 0 aliphatic rings. The van der Waals surface area contributed by atoms with Crippen molar-refractivity contribution in [3.8, 4) is 12.1 Å². The van der Waals surface area contributed by atoms with E-state index in [0.717, 1.165) is 12.1 Å². The summed E-state index contributed by atoms with van der Waals surface area (Å²) in [6.45, 7) is 0.579. The number of alkyl halides is 3. The minimum atomic E-state index is -4.61. The van der Waals surface area contributed by atoms with E-state index in [1.54, 1.807) is 4.90 Å². The Morgan fingerprint density at radius 1 is 1.14 bits per heavy atom. The number of nitriles is 2. The fourth-order valence-electron chi connectivity index (χ4n) is 2.39. The SMILES string of the molecule is N#CCCN(CCC#N)c1ncnc(Nc2ccc(Cl)c(C(F)(F)F)c2)c1N. The third-order valence-corrected chi connectivity index (χ3v) is 4.01. The Morgan fingerprint density at radius 2 is 1.79 bits per heavy atom. The molecule has 0 spiro atoms. The van der Waals surface area contributed by atoms with E-state index in [-0.39, 0.29) is 48.9 Å². The number of nitrogens with zero attached hydrogens (tertiary/aromatic N) is 5. The van der Waals surface area contributed by atoms with Crippen LogP contribution < -0.4 is 16.0 Å². The van der Waals surface area contributed by atoms with E-state index in [1.807, 2.05) is 12.1 Å². The molecule has 146 valence electrons. The first-order valence-electron chi connectivity index (χ1n) is 8.01. The van der Waals surface area contributed by atoms with Crippen LogP contribution in [0.5, 0.6) is 0 Å². The van der Waals surface area contributed by atoms with Crippen LogP contribution in [-0.2, 0) is 6.18 Å². The zero-order chi connectivity index (χ0) is 20.7. The number of benzene rings is 1. The van der Waals surface area contributed by atoms with Crippen molar-refractivity contribution in [3.05, 3.63) is 35.1 Å². The van der Waals surface area contributed by atoms with Crippen LogP contribution in [0.3, 0.4) is 0 Å². The van der Waals surface area contributed by atoms with Crippen LogP contribution in [-0.4, -0.2) is 23.1 Å². The molecular weight excluding hydrogens is 395 g/mol. The molecule has 0 amide bonds. The number of hydrogen-bond acceptors (Lipinski definition) is 7. The van der Waals surface area contributed by atoms with Crippen molar-refractivity contribution in [2.45, 2.75) is 19.0 Å². The molecule has 3 N–H and O–H groups in total. The Bertz CT molecular complexity index is 900. The van der Waals surface area contributed by atoms with Crippen molar-refractivity contribution in [3.63, 3.8) is 0 Å². The van der Waals surface area contributed by atoms with Crippen LogP contribution in [0, 0.1) is 22.7 Å². The average molecular weight is 410 g/mol. The molecule has 7 nitrogen and oxygen atoms in total. The number of rotatable bonds is 7. The highest BCUT2D eigenvalue weighted by Gasteiger charge is 2.33. The van der Waals surface area contributed by atoms with Crippen molar-refractivity contribution in [1.82, 2.24) is 9.97 Å². The summed E-state index contributed by atoms with van der Waals surface area (Å²) < 4.78 is 39.1. The molecule has 2 rings (SSSR count). The van der Waals surface area contributed by atoms with Gasteiger partial charge in [0, 0.05) is 18.8 Å². The molecule has 28 heavy (non-hydrogen) atoms. The van der Waals surface area contributed by atoms with Crippen molar-refractivity contribution in [2.24, 2.45) is 0 Å². The summed E-state index contributed by atoms with van der Waals surface area (Å²) >= 11 is 5.62. The Kier molecular flexibility index (Phi) is 6.85. The summed E-state index contributed by atoms with van der Waals surface area (Å²) in [6.07, 6.45) is -3.05. The monoisotopic (exact) mass is 409 g/mol. The molecule has 0 atom stereocenters. The Balaban J connectivity index is 2.35. The van der Waals surface area contributed by atoms with Crippen molar-refractivity contribution >= 4 is 34.6 Å². The van der Waals surface area contributed by atoms with Gasteiger partial charge in [0.15, 0.2) is 11.6 Å². The number of anilines is 4. The van der Waals surface area contributed by atoms with Gasteiger partial charge in [-0.05, 0) is 18.2 Å². The van der Waals surface area contributed by atoms with E-state index >= 15 is 0 Å². The van der Waals surface area contributed by atoms with Gasteiger partial charge in [-0.2, -0.15) is 23.7 Å². The third kappa shape index (κ3) is 5.15. The maximum atomic E-state index is 13.0. The zero-order valence-corrected chi connectivity index (χ0v) is 15.2. The Morgan fingerprint density at radius 3 is 2.36 bits per heavy atom. The molecule has 0 aliphatic carbocycles. The van der Waals surface area contributed by atoms with E-state index in [1.165, 1.54) is 12.4 Å². The van der Waals surface area contributed by atoms with Crippen LogP contribution in [0.25, 0.3) is 0 Å². The van der Waals surface area contributed by atoms with E-state index < -0.39 is 16.8 Å². The molecular formula is C17H15ClF3N7. The normalized spacial score (nSPS) is 10.8. The van der Waals surface area contributed by atoms with Crippen molar-refractivity contribution < 1.29 is 13.2 Å². The number of hydrogen-bond donors (Lipinski definition) is 2. The molecule has 0 saturated carbocycles. The highest BCUT2D eigenvalue weighted by atomic mass is 35.5. The minimum Gasteiger partial charge on any atom is -0.393 e. The molecule has 0 bridgehead atoms. The molecule has 0 radical (unpaired) electrons. The molecule has 11 heteroatoms. The summed E-state index contributed by atoms with van der Waals surface area (Å²) in [6, 6.07) is 7.34. The Hall–Kier alpha value is -3.24. The second-order valence-electron chi connectivity index (χ2n) is 5.58. The lowest BCUT2D eigenvalue weighted by Gasteiger charge is -2.23. The van der Waals surface area contributed by atoms with E-state index in [9.17, 15) is 13.2 Å². The molecule has 0 aliphatic heterocycles. The van der Waals surface area contributed by atoms with Gasteiger partial charge < -0.3 is 16.0 Å². The van der Waals surface area contributed by atoms with Gasteiger partial charge in [0.2, 0.25) is 0 Å². The quantitative estimate of drug-likeness (QED) is 0.707. The van der Waals surface area contributed by atoms with Crippen LogP contribution in [0.2, 0.25) is 5.02 Å². The predicted octanol–water partition coefficient (Wildman–Crippen LogP) is 4.11. The maximum Gasteiger partial charge on any atom is 0.417 e. The van der Waals surface area contributed by atoms with E-state index in [2.05, 4.69) is 15.3 Å². The second-order valence-corrected chi connectivity index (χ2v) is 5.99. The van der Waals surface area contributed by atoms with E-state index in [4.69, 9.17) is 27.9 Å². The molecule has 0 saturated heterocycles. The van der Waals surface area contributed by atoms with Gasteiger partial charge in [-0.25, -0.2) is 9.97 Å². The highest BCUT2D eigenvalue weighted by Crippen LogP contribution is 2.37. The van der Waals surface area contributed by atoms with Crippen LogP contribution in [0.15, 0.2) is 24.5 Å². The number of nitrogen functional groups attached to an aromatic ring is 1. The van der Waals surface area contributed by atoms with Crippen molar-refractivity contribution in [1.29, 1.82) is 10.5 Å². The summed E-state index contributed by atoms with van der Waals surface area (Å²) in [4.78, 5) is 9.71. The van der Waals surface area contributed by atoms with Crippen molar-refractivity contribution in [2.75, 3.05) is 29.0 Å². The van der Waals surface area contributed by atoms with Crippen LogP contribution >= 0.6 is 11.6 Å². The van der Waals surface area contributed by atoms with Gasteiger partial charge in [0.05, 0.1) is 35.6 Å². The fraction of sp³-hybridized carbons (Fsp3) is 0.294. The average Bonchev–Trinajstić information content (AvgIpc) is 2.64. The van der Waals surface area contributed by atoms with Crippen LogP contribution in [0.4, 0.5) is 36.2 Å². The maximum absolute atomic E-state index is 13.0. The minimum absolute atomic E-state index is 0.0851. The third-order valence-electron chi connectivity index (χ3n) is 3.68. The second kappa shape index (κ2) is 9.11. The summed E-state index contributed by atoms with van der Waals surface area (Å²) in [5.74, 6) is 0.382. The molecule has 2 aromatic rings. The standard InChI is InChI=1S/C17H15ClF3N7/c18-13-4-3-11(9-12(13)17(19,20)21)27-15-14(24)16(26-10-25-15)28(7-1-5-22)8-2-6-23/h3-4,9-10H,1-2,7-8,24H2,(H,25,26,27).